The summed E-state index contributed by atoms with van der Waals surface area (Å²) in [5.41, 5.74) is 2.04. The molecule has 3 rings (SSSR count). The van der Waals surface area contributed by atoms with Crippen LogP contribution in [0.4, 0.5) is 15.8 Å². The minimum Gasteiger partial charge on any atom is -0.495 e. The van der Waals surface area contributed by atoms with E-state index in [1.807, 2.05) is 6.07 Å². The van der Waals surface area contributed by atoms with E-state index in [1.54, 1.807) is 49.6 Å². The van der Waals surface area contributed by atoms with Gasteiger partial charge in [0.05, 0.1) is 12.1 Å². The number of carbonyl (C=O) groups excluding carboxylic acids is 1. The Hall–Kier alpha value is -3.12. The van der Waals surface area contributed by atoms with Crippen molar-refractivity contribution < 1.29 is 13.9 Å². The Morgan fingerprint density at radius 1 is 1.15 bits per heavy atom. The second kappa shape index (κ2) is 8.51. The van der Waals surface area contributed by atoms with Crippen molar-refractivity contribution >= 4 is 28.9 Å². The summed E-state index contributed by atoms with van der Waals surface area (Å²) in [6.07, 6.45) is 1.52. The Morgan fingerprint density at radius 3 is 2.67 bits per heavy atom. The summed E-state index contributed by atoms with van der Waals surface area (Å²) in [5, 5.41) is 6.29. The molecule has 0 saturated heterocycles. The molecule has 2 aromatic carbocycles. The Balaban J connectivity index is 1.68. The van der Waals surface area contributed by atoms with Gasteiger partial charge in [-0.05, 0) is 36.4 Å². The van der Waals surface area contributed by atoms with E-state index >= 15 is 0 Å². The summed E-state index contributed by atoms with van der Waals surface area (Å²) < 4.78 is 18.8. The van der Waals surface area contributed by atoms with Crippen LogP contribution in [-0.4, -0.2) is 18.0 Å². The van der Waals surface area contributed by atoms with E-state index in [1.165, 1.54) is 12.3 Å². The number of benzene rings is 2. The van der Waals surface area contributed by atoms with Crippen LogP contribution in [0.5, 0.6) is 5.75 Å². The molecule has 0 aliphatic heterocycles. The van der Waals surface area contributed by atoms with Crippen LogP contribution in [0.25, 0.3) is 0 Å². The van der Waals surface area contributed by atoms with Gasteiger partial charge in [0.2, 0.25) is 0 Å². The number of carbonyl (C=O) groups is 1. The van der Waals surface area contributed by atoms with Crippen LogP contribution < -0.4 is 15.4 Å². The Kier molecular flexibility index (Phi) is 5.88. The van der Waals surface area contributed by atoms with Gasteiger partial charge in [0.25, 0.3) is 5.91 Å². The molecule has 1 amide bonds. The molecule has 3 aromatic rings. The fourth-order valence-corrected chi connectivity index (χ4v) is 2.71. The molecule has 1 heterocycles. The lowest BCUT2D eigenvalue weighted by Gasteiger charge is -2.10. The third-order valence-electron chi connectivity index (χ3n) is 3.83. The first-order valence-electron chi connectivity index (χ1n) is 8.15. The molecule has 0 radical (unpaired) electrons. The van der Waals surface area contributed by atoms with Crippen LogP contribution in [0.2, 0.25) is 5.02 Å². The molecular weight excluding hydrogens is 369 g/mol. The van der Waals surface area contributed by atoms with Crippen molar-refractivity contribution in [2.75, 3.05) is 12.4 Å². The fourth-order valence-electron chi connectivity index (χ4n) is 2.45. The first-order valence-corrected chi connectivity index (χ1v) is 8.53. The average Bonchev–Trinajstić information content (AvgIpc) is 2.67. The zero-order valence-corrected chi connectivity index (χ0v) is 15.3. The second-order valence-corrected chi connectivity index (χ2v) is 6.09. The van der Waals surface area contributed by atoms with Crippen LogP contribution >= 0.6 is 11.6 Å². The second-order valence-electron chi connectivity index (χ2n) is 5.68. The zero-order chi connectivity index (χ0) is 19.2. The molecule has 2 N–H and O–H groups in total. The maximum atomic E-state index is 13.6. The van der Waals surface area contributed by atoms with Crippen molar-refractivity contribution in [3.8, 4) is 5.75 Å². The summed E-state index contributed by atoms with van der Waals surface area (Å²) >= 11 is 6.12. The molecule has 1 aromatic heterocycles. The summed E-state index contributed by atoms with van der Waals surface area (Å²) in [7, 11) is 1.55. The highest BCUT2D eigenvalue weighted by molar-refractivity contribution is 6.32. The number of methoxy groups -OCH3 is 1. The summed E-state index contributed by atoms with van der Waals surface area (Å²) in [6.45, 7) is 0.0823. The summed E-state index contributed by atoms with van der Waals surface area (Å²) in [4.78, 5) is 16.4. The lowest BCUT2D eigenvalue weighted by molar-refractivity contribution is 0.0945. The standard InChI is InChI=1S/C20H17ClFN3O2/c1-27-19-7-6-14(10-16(19)21)25-15-8-9-23-18(11-15)20(26)24-12-13-4-2-3-5-17(13)22/h2-11H,12H2,1H3,(H,23,25)(H,24,26). The highest BCUT2D eigenvalue weighted by atomic mass is 35.5. The lowest BCUT2D eigenvalue weighted by atomic mass is 10.2. The van der Waals surface area contributed by atoms with Crippen LogP contribution in [0.1, 0.15) is 16.1 Å². The molecule has 5 nitrogen and oxygen atoms in total. The van der Waals surface area contributed by atoms with Crippen molar-refractivity contribution in [1.82, 2.24) is 10.3 Å². The van der Waals surface area contributed by atoms with E-state index in [2.05, 4.69) is 15.6 Å². The summed E-state index contributed by atoms with van der Waals surface area (Å²) in [6, 6.07) is 14.9. The SMILES string of the molecule is COc1ccc(Nc2ccnc(C(=O)NCc3ccccc3F)c2)cc1Cl. The average molecular weight is 386 g/mol. The number of aromatic nitrogens is 1. The van der Waals surface area contributed by atoms with E-state index in [4.69, 9.17) is 16.3 Å². The number of anilines is 2. The van der Waals surface area contributed by atoms with Gasteiger partial charge in [0.15, 0.2) is 0 Å². The molecule has 0 fully saturated rings. The molecule has 0 aliphatic rings. The number of hydrogen-bond donors (Lipinski definition) is 2. The molecule has 27 heavy (non-hydrogen) atoms. The van der Waals surface area contributed by atoms with Gasteiger partial charge in [0.1, 0.15) is 17.3 Å². The van der Waals surface area contributed by atoms with Crippen LogP contribution in [0.3, 0.4) is 0 Å². The van der Waals surface area contributed by atoms with Crippen molar-refractivity contribution in [2.45, 2.75) is 6.54 Å². The number of hydrogen-bond acceptors (Lipinski definition) is 4. The number of rotatable bonds is 6. The Morgan fingerprint density at radius 2 is 1.93 bits per heavy atom. The van der Waals surface area contributed by atoms with Gasteiger partial charge in [-0.15, -0.1) is 0 Å². The number of amides is 1. The van der Waals surface area contributed by atoms with Crippen molar-refractivity contribution in [1.29, 1.82) is 0 Å². The van der Waals surface area contributed by atoms with Crippen LogP contribution in [0.15, 0.2) is 60.8 Å². The molecule has 138 valence electrons. The van der Waals surface area contributed by atoms with Crippen molar-refractivity contribution in [3.63, 3.8) is 0 Å². The Bertz CT molecular complexity index is 965. The highest BCUT2D eigenvalue weighted by Crippen LogP contribution is 2.28. The highest BCUT2D eigenvalue weighted by Gasteiger charge is 2.10. The fraction of sp³-hybridized carbons (Fsp3) is 0.100. The minimum atomic E-state index is -0.394. The van der Waals surface area contributed by atoms with Crippen LogP contribution in [0, 0.1) is 5.82 Å². The molecule has 0 saturated carbocycles. The molecular formula is C20H17ClFN3O2. The van der Waals surface area contributed by atoms with E-state index in [-0.39, 0.29) is 18.1 Å². The van der Waals surface area contributed by atoms with Gasteiger partial charge in [-0.2, -0.15) is 0 Å². The third kappa shape index (κ3) is 4.74. The molecule has 0 unspecified atom stereocenters. The molecule has 0 aliphatic carbocycles. The molecule has 0 atom stereocenters. The molecule has 7 heteroatoms. The monoisotopic (exact) mass is 385 g/mol. The van der Waals surface area contributed by atoms with Gasteiger partial charge in [0, 0.05) is 29.7 Å². The predicted molar refractivity (Wildman–Crippen MR) is 103 cm³/mol. The van der Waals surface area contributed by atoms with E-state index in [0.717, 1.165) is 5.69 Å². The first kappa shape index (κ1) is 18.7. The molecule has 0 spiro atoms. The van der Waals surface area contributed by atoms with Crippen molar-refractivity contribution in [3.05, 3.63) is 82.9 Å². The number of halogens is 2. The van der Waals surface area contributed by atoms with E-state index in [0.29, 0.717) is 22.0 Å². The number of ether oxygens (including phenoxy) is 1. The molecule has 0 bridgehead atoms. The Labute approximate surface area is 161 Å². The predicted octanol–water partition coefficient (Wildman–Crippen LogP) is 4.56. The van der Waals surface area contributed by atoms with Gasteiger partial charge in [-0.25, -0.2) is 4.39 Å². The minimum absolute atomic E-state index is 0.0823. The van der Waals surface area contributed by atoms with E-state index < -0.39 is 5.91 Å². The van der Waals surface area contributed by atoms with E-state index in [9.17, 15) is 9.18 Å². The third-order valence-corrected chi connectivity index (χ3v) is 4.13. The van der Waals surface area contributed by atoms with Gasteiger partial charge >= 0.3 is 0 Å². The maximum absolute atomic E-state index is 13.6. The number of pyridine rings is 1. The van der Waals surface area contributed by atoms with Gasteiger partial charge < -0.3 is 15.4 Å². The smallest absolute Gasteiger partial charge is 0.270 e. The van der Waals surface area contributed by atoms with Crippen LogP contribution in [-0.2, 0) is 6.54 Å². The topological polar surface area (TPSA) is 63.2 Å². The maximum Gasteiger partial charge on any atom is 0.270 e. The lowest BCUT2D eigenvalue weighted by Crippen LogP contribution is -2.24. The largest absolute Gasteiger partial charge is 0.495 e. The summed E-state index contributed by atoms with van der Waals surface area (Å²) in [5.74, 6) is -0.183. The van der Waals surface area contributed by atoms with Crippen molar-refractivity contribution in [2.24, 2.45) is 0 Å². The number of nitrogens with zero attached hydrogens (tertiary/aromatic N) is 1. The van der Waals surface area contributed by atoms with Gasteiger partial charge in [-0.3, -0.25) is 9.78 Å². The zero-order valence-electron chi connectivity index (χ0n) is 14.5. The van der Waals surface area contributed by atoms with Gasteiger partial charge in [-0.1, -0.05) is 29.8 Å². The normalized spacial score (nSPS) is 10.3. The quantitative estimate of drug-likeness (QED) is 0.653. The number of nitrogens with one attached hydrogen (secondary N) is 2. The first-order chi connectivity index (χ1) is 13.1.